The van der Waals surface area contributed by atoms with E-state index < -0.39 is 0 Å². The molecule has 0 N–H and O–H groups in total. The number of para-hydroxylation sites is 2. The number of benzene rings is 1. The smallest absolute Gasteiger partial charge is 0.222 e. The van der Waals surface area contributed by atoms with Crippen LogP contribution in [0.3, 0.4) is 0 Å². The van der Waals surface area contributed by atoms with Crippen LogP contribution in [-0.2, 0) is 11.3 Å². The fourth-order valence-corrected chi connectivity index (χ4v) is 3.88. The minimum atomic E-state index is 0.293. The number of aromatic nitrogens is 1. The van der Waals surface area contributed by atoms with Crippen LogP contribution in [0.5, 0.6) is 5.75 Å². The fourth-order valence-electron chi connectivity index (χ4n) is 2.96. The molecule has 2 aromatic rings. The average molecular weight is 345 g/mol. The van der Waals surface area contributed by atoms with Gasteiger partial charge in [-0.3, -0.25) is 4.79 Å². The molecule has 0 spiro atoms. The van der Waals surface area contributed by atoms with E-state index in [9.17, 15) is 4.79 Å². The topological polar surface area (TPSA) is 46.8 Å². The average Bonchev–Trinajstić information content (AvgIpc) is 3.15. The molecule has 128 valence electrons. The molecule has 1 aromatic carbocycles. The molecule has 0 atom stereocenters. The molecule has 1 aliphatic rings. The van der Waals surface area contributed by atoms with Crippen molar-refractivity contribution in [2.45, 2.75) is 32.7 Å². The Morgan fingerprint density at radius 1 is 1.29 bits per heavy atom. The van der Waals surface area contributed by atoms with Crippen molar-refractivity contribution in [3.8, 4) is 5.75 Å². The van der Waals surface area contributed by atoms with Crippen LogP contribution in [0.15, 0.2) is 34.6 Å². The van der Waals surface area contributed by atoms with E-state index in [1.807, 2.05) is 29.2 Å². The third kappa shape index (κ3) is 3.70. The molecule has 0 unspecified atom stereocenters. The SMILES string of the molecule is COc1ccccc1N=c1scc(C)n1CCCN1CCCC1=O. The van der Waals surface area contributed by atoms with E-state index >= 15 is 0 Å². The summed E-state index contributed by atoms with van der Waals surface area (Å²) in [6.45, 7) is 4.70. The molecule has 24 heavy (non-hydrogen) atoms. The second-order valence-corrected chi connectivity index (χ2v) is 6.77. The highest BCUT2D eigenvalue weighted by atomic mass is 32.1. The van der Waals surface area contributed by atoms with Crippen molar-refractivity contribution in [3.05, 3.63) is 40.1 Å². The Balaban J connectivity index is 1.76. The highest BCUT2D eigenvalue weighted by Crippen LogP contribution is 2.25. The molecule has 1 amide bonds. The zero-order chi connectivity index (χ0) is 16.9. The predicted molar refractivity (Wildman–Crippen MR) is 95.7 cm³/mol. The van der Waals surface area contributed by atoms with Gasteiger partial charge in [-0.2, -0.15) is 0 Å². The molecule has 6 heteroatoms. The zero-order valence-corrected chi connectivity index (χ0v) is 15.0. The van der Waals surface area contributed by atoms with Crippen molar-refractivity contribution < 1.29 is 9.53 Å². The minimum absolute atomic E-state index is 0.293. The van der Waals surface area contributed by atoms with E-state index in [0.717, 1.165) is 48.7 Å². The summed E-state index contributed by atoms with van der Waals surface area (Å²) in [7, 11) is 1.66. The lowest BCUT2D eigenvalue weighted by molar-refractivity contribution is -0.127. The summed E-state index contributed by atoms with van der Waals surface area (Å²) in [5, 5.41) is 2.12. The number of likely N-dealkylation sites (tertiary alicyclic amines) is 1. The van der Waals surface area contributed by atoms with Crippen LogP contribution >= 0.6 is 11.3 Å². The number of methoxy groups -OCH3 is 1. The first-order valence-corrected chi connectivity index (χ1v) is 9.17. The molecule has 5 nitrogen and oxygen atoms in total. The van der Waals surface area contributed by atoms with Crippen molar-refractivity contribution in [2.75, 3.05) is 20.2 Å². The van der Waals surface area contributed by atoms with Gasteiger partial charge in [-0.15, -0.1) is 11.3 Å². The van der Waals surface area contributed by atoms with Crippen molar-refractivity contribution in [1.29, 1.82) is 0 Å². The number of hydrogen-bond donors (Lipinski definition) is 0. The molecule has 1 fully saturated rings. The van der Waals surface area contributed by atoms with Crippen LogP contribution in [0.2, 0.25) is 0 Å². The van der Waals surface area contributed by atoms with Crippen LogP contribution in [0, 0.1) is 6.92 Å². The first kappa shape index (κ1) is 16.8. The molecule has 2 heterocycles. The Hall–Kier alpha value is -2.08. The van der Waals surface area contributed by atoms with Gasteiger partial charge in [-0.1, -0.05) is 12.1 Å². The monoisotopic (exact) mass is 345 g/mol. The third-order valence-corrected chi connectivity index (χ3v) is 5.26. The summed E-state index contributed by atoms with van der Waals surface area (Å²) in [6, 6.07) is 7.79. The summed E-state index contributed by atoms with van der Waals surface area (Å²) < 4.78 is 7.60. The lowest BCUT2D eigenvalue weighted by Crippen LogP contribution is -2.27. The predicted octanol–water partition coefficient (Wildman–Crippen LogP) is 3.11. The van der Waals surface area contributed by atoms with Gasteiger partial charge in [0.15, 0.2) is 4.80 Å². The maximum absolute atomic E-state index is 11.7. The van der Waals surface area contributed by atoms with Gasteiger partial charge in [0, 0.05) is 37.1 Å². The zero-order valence-electron chi connectivity index (χ0n) is 14.2. The first-order valence-electron chi connectivity index (χ1n) is 8.29. The van der Waals surface area contributed by atoms with Crippen molar-refractivity contribution in [1.82, 2.24) is 9.47 Å². The van der Waals surface area contributed by atoms with E-state index in [-0.39, 0.29) is 0 Å². The Labute approximate surface area is 146 Å². The molecule has 0 radical (unpaired) electrons. The molecule has 0 bridgehead atoms. The first-order chi connectivity index (χ1) is 11.7. The largest absolute Gasteiger partial charge is 0.494 e. The summed E-state index contributed by atoms with van der Waals surface area (Å²) in [5.41, 5.74) is 2.03. The van der Waals surface area contributed by atoms with Crippen molar-refractivity contribution in [3.63, 3.8) is 0 Å². The second-order valence-electron chi connectivity index (χ2n) is 5.93. The van der Waals surface area contributed by atoms with E-state index in [2.05, 4.69) is 16.9 Å². The van der Waals surface area contributed by atoms with Gasteiger partial charge < -0.3 is 14.2 Å². The maximum atomic E-state index is 11.7. The van der Waals surface area contributed by atoms with Crippen LogP contribution in [0.4, 0.5) is 5.69 Å². The summed E-state index contributed by atoms with van der Waals surface area (Å²) in [6.07, 6.45) is 2.65. The van der Waals surface area contributed by atoms with Crippen LogP contribution in [-0.4, -0.2) is 35.6 Å². The van der Waals surface area contributed by atoms with Gasteiger partial charge in [0.1, 0.15) is 11.4 Å². The molecule has 1 aliphatic heterocycles. The Bertz CT molecular complexity index is 779. The molecule has 1 saturated heterocycles. The fraction of sp³-hybridized carbons (Fsp3) is 0.444. The highest BCUT2D eigenvalue weighted by molar-refractivity contribution is 7.07. The standard InChI is InChI=1S/C18H23N3O2S/c1-14-13-24-18(19-15-7-3-4-8-16(15)23-2)21(14)12-6-11-20-10-5-9-17(20)22/h3-4,7-8,13H,5-6,9-12H2,1-2H3. The van der Waals surface area contributed by atoms with Gasteiger partial charge in [0.2, 0.25) is 5.91 Å². The van der Waals surface area contributed by atoms with E-state index in [0.29, 0.717) is 12.3 Å². The number of aryl methyl sites for hydroxylation is 1. The van der Waals surface area contributed by atoms with Gasteiger partial charge in [-0.05, 0) is 31.9 Å². The van der Waals surface area contributed by atoms with Gasteiger partial charge in [0.05, 0.1) is 7.11 Å². The molecule has 3 rings (SSSR count). The number of ether oxygens (including phenoxy) is 1. The number of thiazole rings is 1. The molecule has 1 aromatic heterocycles. The molecule has 0 aliphatic carbocycles. The van der Waals surface area contributed by atoms with E-state index in [1.54, 1.807) is 18.4 Å². The van der Waals surface area contributed by atoms with Crippen LogP contribution < -0.4 is 9.54 Å². The van der Waals surface area contributed by atoms with E-state index in [1.165, 1.54) is 5.69 Å². The van der Waals surface area contributed by atoms with Crippen LogP contribution in [0.1, 0.15) is 25.0 Å². The number of rotatable bonds is 6. The maximum Gasteiger partial charge on any atom is 0.222 e. The quantitative estimate of drug-likeness (QED) is 0.807. The lowest BCUT2D eigenvalue weighted by atomic mass is 10.3. The second kappa shape index (κ2) is 7.66. The Kier molecular flexibility index (Phi) is 5.35. The third-order valence-electron chi connectivity index (χ3n) is 4.27. The van der Waals surface area contributed by atoms with Gasteiger partial charge in [-0.25, -0.2) is 4.99 Å². The highest BCUT2D eigenvalue weighted by Gasteiger charge is 2.19. The van der Waals surface area contributed by atoms with Gasteiger partial charge >= 0.3 is 0 Å². The summed E-state index contributed by atoms with van der Waals surface area (Å²) in [5.74, 6) is 1.07. The molecular weight excluding hydrogens is 322 g/mol. The normalized spacial score (nSPS) is 15.3. The number of hydrogen-bond acceptors (Lipinski definition) is 4. The molecular formula is C18H23N3O2S. The van der Waals surface area contributed by atoms with Gasteiger partial charge in [0.25, 0.3) is 0 Å². The van der Waals surface area contributed by atoms with Crippen LogP contribution in [0.25, 0.3) is 0 Å². The lowest BCUT2D eigenvalue weighted by Gasteiger charge is -2.15. The summed E-state index contributed by atoms with van der Waals surface area (Å²) in [4.78, 5) is 19.4. The Morgan fingerprint density at radius 3 is 2.88 bits per heavy atom. The van der Waals surface area contributed by atoms with Crippen molar-refractivity contribution >= 4 is 22.9 Å². The number of carbonyl (C=O) groups excluding carboxylic acids is 1. The number of amides is 1. The minimum Gasteiger partial charge on any atom is -0.494 e. The summed E-state index contributed by atoms with van der Waals surface area (Å²) >= 11 is 1.63. The Morgan fingerprint density at radius 2 is 2.12 bits per heavy atom. The van der Waals surface area contributed by atoms with Crippen molar-refractivity contribution in [2.24, 2.45) is 4.99 Å². The number of nitrogens with zero attached hydrogens (tertiary/aromatic N) is 3. The number of carbonyl (C=O) groups is 1. The molecule has 0 saturated carbocycles. The van der Waals surface area contributed by atoms with E-state index in [4.69, 9.17) is 9.73 Å².